The van der Waals surface area contributed by atoms with Gasteiger partial charge in [0.15, 0.2) is 11.6 Å². The largest absolute Gasteiger partial charge is 0.496 e. The number of piperidine rings is 1. The summed E-state index contributed by atoms with van der Waals surface area (Å²) in [4.78, 5) is 13.0. The Hall–Kier alpha value is -3.50. The quantitative estimate of drug-likeness (QED) is 0.473. The van der Waals surface area contributed by atoms with Crippen molar-refractivity contribution < 1.29 is 26.7 Å². The van der Waals surface area contributed by atoms with Crippen LogP contribution in [0.1, 0.15) is 28.8 Å². The first-order chi connectivity index (χ1) is 17.2. The van der Waals surface area contributed by atoms with E-state index in [1.807, 2.05) is 30.3 Å². The van der Waals surface area contributed by atoms with Crippen molar-refractivity contribution in [1.29, 1.82) is 0 Å². The Morgan fingerprint density at radius 1 is 0.972 bits per heavy atom. The van der Waals surface area contributed by atoms with Crippen LogP contribution in [-0.4, -0.2) is 45.4 Å². The van der Waals surface area contributed by atoms with E-state index in [2.05, 4.69) is 10.0 Å². The standard InChI is InChI=1S/C26H27F2N3O4S/c1-35-24-10-6-5-9-21(24)25(32)29-18-26(19-7-3-2-4-8-19)13-15-31(16-14-26)36(33,34)30-20-11-12-22(27)23(28)17-20/h2-12,17,30H,13-16,18H2,1H3,(H,29,32). The van der Waals surface area contributed by atoms with Gasteiger partial charge in [-0.25, -0.2) is 8.78 Å². The number of nitrogens with zero attached hydrogens (tertiary/aromatic N) is 1. The molecule has 0 spiro atoms. The van der Waals surface area contributed by atoms with Crippen LogP contribution in [0, 0.1) is 11.6 Å². The highest BCUT2D eigenvalue weighted by Crippen LogP contribution is 2.36. The van der Waals surface area contributed by atoms with E-state index in [9.17, 15) is 22.0 Å². The SMILES string of the molecule is COc1ccccc1C(=O)NCC1(c2ccccc2)CCN(S(=O)(=O)Nc2ccc(F)c(F)c2)CC1. The molecule has 7 nitrogen and oxygen atoms in total. The fourth-order valence-corrected chi connectivity index (χ4v) is 5.68. The van der Waals surface area contributed by atoms with Crippen LogP contribution >= 0.6 is 0 Å². The number of nitrogens with one attached hydrogen (secondary N) is 2. The molecule has 0 unspecified atom stereocenters. The van der Waals surface area contributed by atoms with Gasteiger partial charge in [-0.15, -0.1) is 0 Å². The Kier molecular flexibility index (Phi) is 7.56. The van der Waals surface area contributed by atoms with E-state index in [1.165, 1.54) is 17.5 Å². The summed E-state index contributed by atoms with van der Waals surface area (Å²) >= 11 is 0. The third-order valence-electron chi connectivity index (χ3n) is 6.51. The van der Waals surface area contributed by atoms with Crippen molar-refractivity contribution in [1.82, 2.24) is 9.62 Å². The van der Waals surface area contributed by atoms with Crippen LogP contribution in [0.15, 0.2) is 72.8 Å². The van der Waals surface area contributed by atoms with E-state index in [-0.39, 0.29) is 24.7 Å². The third-order valence-corrected chi connectivity index (χ3v) is 8.05. The molecule has 0 radical (unpaired) electrons. The minimum Gasteiger partial charge on any atom is -0.496 e. The van der Waals surface area contributed by atoms with Crippen molar-refractivity contribution in [3.05, 3.63) is 95.6 Å². The van der Waals surface area contributed by atoms with Gasteiger partial charge in [0.2, 0.25) is 0 Å². The second-order valence-corrected chi connectivity index (χ2v) is 10.3. The number of halogens is 2. The highest BCUT2D eigenvalue weighted by Gasteiger charge is 2.40. The molecule has 10 heteroatoms. The van der Waals surface area contributed by atoms with Crippen molar-refractivity contribution in [3.8, 4) is 5.75 Å². The Balaban J connectivity index is 1.50. The monoisotopic (exact) mass is 515 g/mol. The van der Waals surface area contributed by atoms with Crippen LogP contribution in [0.4, 0.5) is 14.5 Å². The van der Waals surface area contributed by atoms with Gasteiger partial charge in [-0.05, 0) is 42.7 Å². The average molecular weight is 516 g/mol. The molecule has 0 aromatic heterocycles. The molecule has 3 aromatic rings. The van der Waals surface area contributed by atoms with Crippen molar-refractivity contribution in [2.24, 2.45) is 0 Å². The van der Waals surface area contributed by atoms with Crippen LogP contribution in [0.5, 0.6) is 5.75 Å². The predicted octanol–water partition coefficient (Wildman–Crippen LogP) is 4.09. The van der Waals surface area contributed by atoms with Gasteiger partial charge < -0.3 is 10.1 Å². The lowest BCUT2D eigenvalue weighted by atomic mass is 9.73. The molecule has 0 aliphatic carbocycles. The molecule has 4 rings (SSSR count). The molecule has 0 saturated carbocycles. The summed E-state index contributed by atoms with van der Waals surface area (Å²) < 4.78 is 61.5. The molecule has 1 fully saturated rings. The first-order valence-electron chi connectivity index (χ1n) is 11.4. The maximum atomic E-state index is 13.5. The van der Waals surface area contributed by atoms with E-state index in [0.717, 1.165) is 17.7 Å². The van der Waals surface area contributed by atoms with Crippen LogP contribution in [0.3, 0.4) is 0 Å². The van der Waals surface area contributed by atoms with Crippen LogP contribution in [0.25, 0.3) is 0 Å². The highest BCUT2D eigenvalue weighted by atomic mass is 32.2. The summed E-state index contributed by atoms with van der Waals surface area (Å²) in [7, 11) is -2.49. The van der Waals surface area contributed by atoms with Gasteiger partial charge >= 0.3 is 10.2 Å². The number of hydrogen-bond donors (Lipinski definition) is 2. The van der Waals surface area contributed by atoms with Crippen molar-refractivity contribution in [2.45, 2.75) is 18.3 Å². The number of ether oxygens (including phenoxy) is 1. The summed E-state index contributed by atoms with van der Waals surface area (Å²) in [6.45, 7) is 0.662. The number of amides is 1. The summed E-state index contributed by atoms with van der Waals surface area (Å²) in [6.07, 6.45) is 0.893. The van der Waals surface area contributed by atoms with Crippen molar-refractivity contribution >= 4 is 21.8 Å². The molecule has 1 amide bonds. The predicted molar refractivity (Wildman–Crippen MR) is 133 cm³/mol. The molecule has 36 heavy (non-hydrogen) atoms. The molecule has 1 saturated heterocycles. The third kappa shape index (κ3) is 5.50. The normalized spacial score (nSPS) is 15.8. The number of carbonyl (C=O) groups is 1. The second-order valence-electron chi connectivity index (χ2n) is 8.66. The first kappa shape index (κ1) is 25.6. The highest BCUT2D eigenvalue weighted by molar-refractivity contribution is 7.90. The summed E-state index contributed by atoms with van der Waals surface area (Å²) in [6, 6.07) is 19.4. The number of benzene rings is 3. The van der Waals surface area contributed by atoms with E-state index < -0.39 is 27.3 Å². The van der Waals surface area contributed by atoms with Crippen LogP contribution in [-0.2, 0) is 15.6 Å². The minimum absolute atomic E-state index is 0.0575. The Morgan fingerprint density at radius 3 is 2.31 bits per heavy atom. The summed E-state index contributed by atoms with van der Waals surface area (Å²) in [5.74, 6) is -2.01. The zero-order valence-corrected chi connectivity index (χ0v) is 20.5. The van der Waals surface area contributed by atoms with E-state index >= 15 is 0 Å². The fourth-order valence-electron chi connectivity index (χ4n) is 4.46. The molecule has 190 valence electrons. The van der Waals surface area contributed by atoms with Gasteiger partial charge in [0.1, 0.15) is 5.75 Å². The van der Waals surface area contributed by atoms with Gasteiger partial charge in [0.05, 0.1) is 18.4 Å². The number of rotatable bonds is 8. The molecular formula is C26H27F2N3O4S. The summed E-state index contributed by atoms with van der Waals surface area (Å²) in [5.41, 5.74) is 0.861. The minimum atomic E-state index is -3.99. The zero-order valence-electron chi connectivity index (χ0n) is 19.7. The molecule has 1 aliphatic rings. The Labute approximate surface area is 209 Å². The van der Waals surface area contributed by atoms with Gasteiger partial charge in [0, 0.05) is 31.1 Å². The van der Waals surface area contributed by atoms with E-state index in [0.29, 0.717) is 30.7 Å². The van der Waals surface area contributed by atoms with Gasteiger partial charge in [-0.1, -0.05) is 42.5 Å². The van der Waals surface area contributed by atoms with Gasteiger partial charge in [0.25, 0.3) is 5.91 Å². The van der Waals surface area contributed by atoms with Gasteiger partial charge in [-0.2, -0.15) is 12.7 Å². The molecule has 1 heterocycles. The Morgan fingerprint density at radius 2 is 1.64 bits per heavy atom. The lowest BCUT2D eigenvalue weighted by molar-refractivity contribution is 0.0930. The maximum Gasteiger partial charge on any atom is 0.301 e. The number of carbonyl (C=O) groups excluding carboxylic acids is 1. The smallest absolute Gasteiger partial charge is 0.301 e. The molecule has 3 aromatic carbocycles. The molecule has 0 bridgehead atoms. The maximum absolute atomic E-state index is 13.5. The lowest BCUT2D eigenvalue weighted by Gasteiger charge is -2.41. The number of hydrogen-bond acceptors (Lipinski definition) is 4. The zero-order chi connectivity index (χ0) is 25.8. The average Bonchev–Trinajstić information content (AvgIpc) is 2.90. The van der Waals surface area contributed by atoms with Crippen molar-refractivity contribution in [3.63, 3.8) is 0 Å². The molecule has 0 atom stereocenters. The molecule has 1 aliphatic heterocycles. The topological polar surface area (TPSA) is 87.7 Å². The fraction of sp³-hybridized carbons (Fsp3) is 0.269. The first-order valence-corrected chi connectivity index (χ1v) is 12.9. The van der Waals surface area contributed by atoms with Gasteiger partial charge in [-0.3, -0.25) is 9.52 Å². The number of para-hydroxylation sites is 1. The molecule has 2 N–H and O–H groups in total. The number of methoxy groups -OCH3 is 1. The number of anilines is 1. The lowest BCUT2D eigenvalue weighted by Crippen LogP contribution is -2.51. The second kappa shape index (κ2) is 10.6. The van der Waals surface area contributed by atoms with Crippen LogP contribution in [0.2, 0.25) is 0 Å². The molecular weight excluding hydrogens is 488 g/mol. The van der Waals surface area contributed by atoms with E-state index in [4.69, 9.17) is 4.74 Å². The van der Waals surface area contributed by atoms with Crippen LogP contribution < -0.4 is 14.8 Å². The summed E-state index contributed by atoms with van der Waals surface area (Å²) in [5, 5.41) is 3.01. The van der Waals surface area contributed by atoms with E-state index in [1.54, 1.807) is 24.3 Å². The van der Waals surface area contributed by atoms with Crippen molar-refractivity contribution in [2.75, 3.05) is 31.5 Å². The Bertz CT molecular complexity index is 1330.